The lowest BCUT2D eigenvalue weighted by atomic mass is 9.96. The van der Waals surface area contributed by atoms with E-state index in [-0.39, 0.29) is 11.9 Å². The van der Waals surface area contributed by atoms with Crippen LogP contribution in [0.5, 0.6) is 0 Å². The highest BCUT2D eigenvalue weighted by molar-refractivity contribution is 9.10. The molecular weight excluding hydrogens is 410 g/mol. The molecule has 26 heavy (non-hydrogen) atoms. The maximum atomic E-state index is 12.5. The van der Waals surface area contributed by atoms with Gasteiger partial charge in [-0.15, -0.1) is 0 Å². The van der Waals surface area contributed by atoms with Crippen molar-refractivity contribution in [2.75, 3.05) is 17.6 Å². The number of anilines is 1. The third-order valence-electron chi connectivity index (χ3n) is 4.97. The number of nitrogens with one attached hydrogen (secondary N) is 1. The van der Waals surface area contributed by atoms with E-state index >= 15 is 0 Å². The number of benzene rings is 1. The maximum Gasteiger partial charge on any atom is 0.226 e. The zero-order valence-electron chi connectivity index (χ0n) is 15.4. The molecule has 1 unspecified atom stereocenters. The molecule has 1 amide bonds. The number of carbonyl (C=O) groups excluding carboxylic acids is 1. The summed E-state index contributed by atoms with van der Waals surface area (Å²) in [4.78, 5) is 19.9. The number of halogens is 1. The van der Waals surface area contributed by atoms with Crippen LogP contribution < -0.4 is 5.32 Å². The highest BCUT2D eigenvalue weighted by atomic mass is 79.9. The van der Waals surface area contributed by atoms with E-state index in [9.17, 15) is 4.79 Å². The van der Waals surface area contributed by atoms with Crippen molar-refractivity contribution in [1.82, 2.24) is 4.90 Å². The SMILES string of the molecule is CCCN1C(=NC2CCCCC2)SCC1CC(=O)Nc1ccc(Br)cc1. The standard InChI is InChI=1S/C20H28BrN3OS/c1-2-12-24-18(13-19(25)22-17-10-8-15(21)9-11-17)14-26-20(24)23-16-6-4-3-5-7-16/h8-11,16,18H,2-7,12-14H2,1H3,(H,22,25). The van der Waals surface area contributed by atoms with Gasteiger partial charge in [0, 0.05) is 34.9 Å². The van der Waals surface area contributed by atoms with Crippen molar-refractivity contribution in [2.45, 2.75) is 64.0 Å². The number of amides is 1. The Morgan fingerprint density at radius 3 is 2.69 bits per heavy atom. The minimum Gasteiger partial charge on any atom is -0.347 e. The Hall–Kier alpha value is -1.01. The smallest absolute Gasteiger partial charge is 0.226 e. The monoisotopic (exact) mass is 437 g/mol. The molecule has 6 heteroatoms. The van der Waals surface area contributed by atoms with Crippen LogP contribution in [0.4, 0.5) is 5.69 Å². The first kappa shape index (κ1) is 19.7. The molecule has 1 aliphatic carbocycles. The molecule has 1 heterocycles. The van der Waals surface area contributed by atoms with Crippen LogP contribution in [0, 0.1) is 0 Å². The van der Waals surface area contributed by atoms with Gasteiger partial charge in [0.2, 0.25) is 5.91 Å². The Labute approximate surface area is 169 Å². The molecule has 4 nitrogen and oxygen atoms in total. The van der Waals surface area contributed by atoms with Crippen LogP contribution in [-0.2, 0) is 4.79 Å². The van der Waals surface area contributed by atoms with Crippen LogP contribution in [0.2, 0.25) is 0 Å². The van der Waals surface area contributed by atoms with Gasteiger partial charge in [-0.25, -0.2) is 0 Å². The molecule has 142 valence electrons. The molecule has 1 aromatic carbocycles. The predicted molar refractivity (Wildman–Crippen MR) is 115 cm³/mol. The normalized spacial score (nSPS) is 22.8. The number of rotatable bonds is 6. The van der Waals surface area contributed by atoms with Crippen LogP contribution in [-0.4, -0.2) is 40.4 Å². The number of aliphatic imine (C=N–C) groups is 1. The summed E-state index contributed by atoms with van der Waals surface area (Å²) >= 11 is 5.25. The second-order valence-electron chi connectivity index (χ2n) is 7.12. The highest BCUT2D eigenvalue weighted by Crippen LogP contribution is 2.30. The Bertz CT molecular complexity index is 628. The number of carbonyl (C=O) groups is 1. The molecule has 1 atom stereocenters. The summed E-state index contributed by atoms with van der Waals surface area (Å²) < 4.78 is 1.01. The van der Waals surface area contributed by atoms with Crippen LogP contribution in [0.3, 0.4) is 0 Å². The summed E-state index contributed by atoms with van der Waals surface area (Å²) in [7, 11) is 0. The topological polar surface area (TPSA) is 44.7 Å². The zero-order valence-corrected chi connectivity index (χ0v) is 17.8. The Kier molecular flexibility index (Phi) is 7.43. The average Bonchev–Trinajstić information content (AvgIpc) is 3.00. The molecule has 0 aromatic heterocycles. The fourth-order valence-corrected chi connectivity index (χ4v) is 5.16. The summed E-state index contributed by atoms with van der Waals surface area (Å²) in [6, 6.07) is 8.47. The van der Waals surface area contributed by atoms with Crippen LogP contribution in [0.1, 0.15) is 51.9 Å². The number of hydrogen-bond donors (Lipinski definition) is 1. The van der Waals surface area contributed by atoms with E-state index in [0.29, 0.717) is 12.5 Å². The molecule has 0 bridgehead atoms. The van der Waals surface area contributed by atoms with Crippen LogP contribution in [0.25, 0.3) is 0 Å². The summed E-state index contributed by atoms with van der Waals surface area (Å²) in [5, 5.41) is 4.19. The molecule has 2 aliphatic rings. The van der Waals surface area contributed by atoms with Crippen molar-refractivity contribution >= 4 is 44.5 Å². The van der Waals surface area contributed by atoms with Crippen molar-refractivity contribution in [3.05, 3.63) is 28.7 Å². The molecule has 3 rings (SSSR count). The van der Waals surface area contributed by atoms with Gasteiger partial charge in [-0.2, -0.15) is 0 Å². The molecule has 0 radical (unpaired) electrons. The first-order valence-corrected chi connectivity index (χ1v) is 11.5. The number of amidine groups is 1. The summed E-state index contributed by atoms with van der Waals surface area (Å²) in [5.41, 5.74) is 0.849. The van der Waals surface area contributed by atoms with E-state index in [4.69, 9.17) is 4.99 Å². The lowest BCUT2D eigenvalue weighted by molar-refractivity contribution is -0.116. The number of thioether (sulfide) groups is 1. The fourth-order valence-electron chi connectivity index (χ4n) is 3.63. The van der Waals surface area contributed by atoms with Gasteiger partial charge in [0.05, 0.1) is 6.04 Å². The highest BCUT2D eigenvalue weighted by Gasteiger charge is 2.32. The predicted octanol–water partition coefficient (Wildman–Crippen LogP) is 5.29. The summed E-state index contributed by atoms with van der Waals surface area (Å²) in [6.07, 6.45) is 8.00. The van der Waals surface area contributed by atoms with Crippen molar-refractivity contribution in [3.8, 4) is 0 Å². The number of hydrogen-bond acceptors (Lipinski definition) is 3. The summed E-state index contributed by atoms with van der Waals surface area (Å²) in [6.45, 7) is 3.18. The minimum absolute atomic E-state index is 0.0814. The lowest BCUT2D eigenvalue weighted by Crippen LogP contribution is -2.37. The fraction of sp³-hybridized carbons (Fsp3) is 0.600. The molecule has 1 saturated heterocycles. The molecule has 1 saturated carbocycles. The van der Waals surface area contributed by atoms with Gasteiger partial charge in [0.25, 0.3) is 0 Å². The Morgan fingerprint density at radius 1 is 1.27 bits per heavy atom. The second-order valence-corrected chi connectivity index (χ2v) is 9.02. The third-order valence-corrected chi connectivity index (χ3v) is 6.65. The van der Waals surface area contributed by atoms with Crippen molar-refractivity contribution in [2.24, 2.45) is 4.99 Å². The first-order valence-electron chi connectivity index (χ1n) is 9.68. The van der Waals surface area contributed by atoms with Gasteiger partial charge in [-0.3, -0.25) is 9.79 Å². The van der Waals surface area contributed by atoms with Crippen LogP contribution >= 0.6 is 27.7 Å². The van der Waals surface area contributed by atoms with E-state index in [1.807, 2.05) is 36.0 Å². The van der Waals surface area contributed by atoms with Gasteiger partial charge in [-0.05, 0) is 43.5 Å². The van der Waals surface area contributed by atoms with Gasteiger partial charge in [-0.1, -0.05) is 53.9 Å². The molecular formula is C20H28BrN3OS. The second kappa shape index (κ2) is 9.79. The van der Waals surface area contributed by atoms with Gasteiger partial charge in [0.1, 0.15) is 0 Å². The molecule has 2 fully saturated rings. The van der Waals surface area contributed by atoms with Crippen molar-refractivity contribution < 1.29 is 4.79 Å². The van der Waals surface area contributed by atoms with E-state index in [1.54, 1.807) is 0 Å². The molecule has 0 spiro atoms. The molecule has 1 aromatic rings. The zero-order chi connectivity index (χ0) is 18.4. The minimum atomic E-state index is 0.0814. The van der Waals surface area contributed by atoms with Crippen molar-refractivity contribution in [3.63, 3.8) is 0 Å². The van der Waals surface area contributed by atoms with Gasteiger partial charge in [0.15, 0.2) is 5.17 Å². The quantitative estimate of drug-likeness (QED) is 0.656. The van der Waals surface area contributed by atoms with E-state index in [2.05, 4.69) is 33.1 Å². The maximum absolute atomic E-state index is 12.5. The molecule has 1 aliphatic heterocycles. The van der Waals surface area contributed by atoms with E-state index in [1.165, 1.54) is 37.3 Å². The number of nitrogens with zero attached hydrogens (tertiary/aromatic N) is 2. The Balaban J connectivity index is 1.60. The van der Waals surface area contributed by atoms with Gasteiger partial charge < -0.3 is 10.2 Å². The first-order chi connectivity index (χ1) is 12.7. The average molecular weight is 438 g/mol. The Morgan fingerprint density at radius 2 is 2.00 bits per heavy atom. The largest absolute Gasteiger partial charge is 0.347 e. The summed E-state index contributed by atoms with van der Waals surface area (Å²) in [5.74, 6) is 1.04. The molecule has 1 N–H and O–H groups in total. The van der Waals surface area contributed by atoms with Gasteiger partial charge >= 0.3 is 0 Å². The third kappa shape index (κ3) is 5.49. The van der Waals surface area contributed by atoms with Crippen LogP contribution in [0.15, 0.2) is 33.7 Å². The van der Waals surface area contributed by atoms with Crippen molar-refractivity contribution in [1.29, 1.82) is 0 Å². The van der Waals surface area contributed by atoms with E-state index in [0.717, 1.165) is 28.9 Å². The van der Waals surface area contributed by atoms with E-state index < -0.39 is 0 Å². The lowest BCUT2D eigenvalue weighted by Gasteiger charge is -2.27.